The van der Waals surface area contributed by atoms with Gasteiger partial charge < -0.3 is 4.74 Å². The molecule has 0 amide bonds. The van der Waals surface area contributed by atoms with Gasteiger partial charge in [0.1, 0.15) is 6.04 Å². The first-order valence-electron chi connectivity index (χ1n) is 5.28. The van der Waals surface area contributed by atoms with Crippen LogP contribution in [0.1, 0.15) is 33.6 Å². The van der Waals surface area contributed by atoms with Gasteiger partial charge in [-0.1, -0.05) is 20.8 Å². The van der Waals surface area contributed by atoms with Crippen molar-refractivity contribution >= 4 is 0 Å². The molecule has 0 aliphatic carbocycles. The molecule has 1 saturated heterocycles. The Balaban J connectivity index is 2.31. The van der Waals surface area contributed by atoms with Crippen LogP contribution in [-0.2, 0) is 4.74 Å². The number of nitriles is 1. The Morgan fingerprint density at radius 3 is 2.71 bits per heavy atom. The monoisotopic (exact) mass is 196 g/mol. The second kappa shape index (κ2) is 4.77. The number of nitrogens with one attached hydrogen (secondary N) is 1. The highest BCUT2D eigenvalue weighted by Crippen LogP contribution is 2.19. The number of nitrogens with zero attached hydrogens (tertiary/aromatic N) is 1. The second-order valence-electron chi connectivity index (χ2n) is 4.97. The Labute approximate surface area is 86.4 Å². The van der Waals surface area contributed by atoms with Gasteiger partial charge in [-0.05, 0) is 18.3 Å². The summed E-state index contributed by atoms with van der Waals surface area (Å²) in [7, 11) is 0. The summed E-state index contributed by atoms with van der Waals surface area (Å²) < 4.78 is 5.49. The van der Waals surface area contributed by atoms with E-state index in [1.807, 2.05) is 0 Å². The molecule has 0 spiro atoms. The second-order valence-corrected chi connectivity index (χ2v) is 4.97. The third-order valence-corrected chi connectivity index (χ3v) is 2.57. The van der Waals surface area contributed by atoms with E-state index in [1.54, 1.807) is 0 Å². The Morgan fingerprint density at radius 2 is 2.29 bits per heavy atom. The molecular formula is C11H20N2O. The van der Waals surface area contributed by atoms with Crippen LogP contribution >= 0.6 is 0 Å². The fourth-order valence-corrected chi connectivity index (χ4v) is 1.60. The van der Waals surface area contributed by atoms with E-state index in [4.69, 9.17) is 10.00 Å². The molecule has 2 unspecified atom stereocenters. The number of rotatable bonds is 3. The minimum atomic E-state index is -0.0910. The van der Waals surface area contributed by atoms with Crippen LogP contribution < -0.4 is 5.32 Å². The van der Waals surface area contributed by atoms with Gasteiger partial charge in [0, 0.05) is 13.2 Å². The Hall–Kier alpha value is -0.590. The first-order valence-corrected chi connectivity index (χ1v) is 5.28. The maximum atomic E-state index is 8.98. The molecule has 1 heterocycles. The predicted octanol–water partition coefficient (Wildman–Crippen LogP) is 1.69. The maximum Gasteiger partial charge on any atom is 0.100 e. The molecule has 0 radical (unpaired) electrons. The third-order valence-electron chi connectivity index (χ3n) is 2.57. The molecule has 1 rings (SSSR count). The fraction of sp³-hybridized carbons (Fsp3) is 0.909. The van der Waals surface area contributed by atoms with E-state index in [9.17, 15) is 0 Å². The van der Waals surface area contributed by atoms with E-state index in [0.29, 0.717) is 6.10 Å². The normalized spacial score (nSPS) is 24.6. The highest BCUT2D eigenvalue weighted by molar-refractivity contribution is 4.98. The van der Waals surface area contributed by atoms with Gasteiger partial charge in [-0.15, -0.1) is 0 Å². The smallest absolute Gasteiger partial charge is 0.100 e. The Kier molecular flexibility index (Phi) is 3.91. The van der Waals surface area contributed by atoms with Crippen molar-refractivity contribution < 1.29 is 4.74 Å². The Morgan fingerprint density at radius 1 is 1.57 bits per heavy atom. The van der Waals surface area contributed by atoms with Crippen molar-refractivity contribution in [1.82, 2.24) is 5.32 Å². The molecule has 0 aromatic carbocycles. The number of hydrogen-bond donors (Lipinski definition) is 1. The first-order chi connectivity index (χ1) is 6.54. The first kappa shape index (κ1) is 11.5. The standard InChI is InChI=1S/C11H20N2O/c1-11(2,3)10(7-12)13-8-9-5-4-6-14-9/h9-10,13H,4-6,8H2,1-3H3. The van der Waals surface area contributed by atoms with Crippen LogP contribution in [0.5, 0.6) is 0 Å². The van der Waals surface area contributed by atoms with E-state index in [2.05, 4.69) is 32.2 Å². The highest BCUT2D eigenvalue weighted by Gasteiger charge is 2.25. The maximum absolute atomic E-state index is 8.98. The zero-order valence-corrected chi connectivity index (χ0v) is 9.34. The summed E-state index contributed by atoms with van der Waals surface area (Å²) in [4.78, 5) is 0. The summed E-state index contributed by atoms with van der Waals surface area (Å²) in [5, 5.41) is 12.2. The van der Waals surface area contributed by atoms with Crippen molar-refractivity contribution in [1.29, 1.82) is 5.26 Å². The van der Waals surface area contributed by atoms with Gasteiger partial charge >= 0.3 is 0 Å². The summed E-state index contributed by atoms with van der Waals surface area (Å²) in [5.74, 6) is 0. The molecule has 2 atom stereocenters. The average Bonchev–Trinajstić information content (AvgIpc) is 2.55. The molecule has 1 aliphatic rings. The molecule has 0 aromatic rings. The molecule has 80 valence electrons. The molecule has 1 N–H and O–H groups in total. The molecule has 0 bridgehead atoms. The minimum Gasteiger partial charge on any atom is -0.377 e. The summed E-state index contributed by atoms with van der Waals surface area (Å²) in [6.07, 6.45) is 2.59. The number of ether oxygens (including phenoxy) is 1. The van der Waals surface area contributed by atoms with Crippen LogP contribution in [0.2, 0.25) is 0 Å². The summed E-state index contributed by atoms with van der Waals surface area (Å²) in [5.41, 5.74) is -0.00659. The predicted molar refractivity (Wildman–Crippen MR) is 55.8 cm³/mol. The van der Waals surface area contributed by atoms with Gasteiger partial charge in [0.05, 0.1) is 12.2 Å². The molecule has 1 fully saturated rings. The topological polar surface area (TPSA) is 45.0 Å². The third kappa shape index (κ3) is 3.28. The molecule has 0 saturated carbocycles. The van der Waals surface area contributed by atoms with Crippen molar-refractivity contribution in [3.8, 4) is 6.07 Å². The zero-order valence-electron chi connectivity index (χ0n) is 9.34. The lowest BCUT2D eigenvalue weighted by Crippen LogP contribution is -2.42. The van der Waals surface area contributed by atoms with Crippen molar-refractivity contribution in [2.45, 2.75) is 45.8 Å². The zero-order chi connectivity index (χ0) is 10.6. The van der Waals surface area contributed by atoms with Gasteiger partial charge in [-0.25, -0.2) is 0 Å². The van der Waals surface area contributed by atoms with Crippen molar-refractivity contribution in [2.75, 3.05) is 13.2 Å². The van der Waals surface area contributed by atoms with Gasteiger partial charge in [-0.2, -0.15) is 5.26 Å². The molecule has 3 nitrogen and oxygen atoms in total. The largest absolute Gasteiger partial charge is 0.377 e. The average molecular weight is 196 g/mol. The minimum absolute atomic E-state index is 0.00659. The summed E-state index contributed by atoms with van der Waals surface area (Å²) in [6, 6.07) is 2.21. The number of hydrogen-bond acceptors (Lipinski definition) is 3. The molecule has 3 heteroatoms. The van der Waals surface area contributed by atoms with Crippen LogP contribution in [0, 0.1) is 16.7 Å². The van der Waals surface area contributed by atoms with E-state index >= 15 is 0 Å². The lowest BCUT2D eigenvalue weighted by Gasteiger charge is -2.26. The highest BCUT2D eigenvalue weighted by atomic mass is 16.5. The lowest BCUT2D eigenvalue weighted by atomic mass is 9.87. The van der Waals surface area contributed by atoms with Gasteiger partial charge in [-0.3, -0.25) is 5.32 Å². The SMILES string of the molecule is CC(C)(C)C(C#N)NCC1CCCO1. The molecule has 14 heavy (non-hydrogen) atoms. The quantitative estimate of drug-likeness (QED) is 0.747. The van der Waals surface area contributed by atoms with Crippen LogP contribution in [0.25, 0.3) is 0 Å². The van der Waals surface area contributed by atoms with E-state index < -0.39 is 0 Å². The fourth-order valence-electron chi connectivity index (χ4n) is 1.60. The molecule has 0 aromatic heterocycles. The summed E-state index contributed by atoms with van der Waals surface area (Å²) >= 11 is 0. The van der Waals surface area contributed by atoms with Crippen LogP contribution in [0.15, 0.2) is 0 Å². The van der Waals surface area contributed by atoms with Gasteiger partial charge in [0.25, 0.3) is 0 Å². The van der Waals surface area contributed by atoms with Crippen molar-refractivity contribution in [3.05, 3.63) is 0 Å². The Bertz CT molecular complexity index is 208. The van der Waals surface area contributed by atoms with Crippen molar-refractivity contribution in [2.24, 2.45) is 5.41 Å². The molecular weight excluding hydrogens is 176 g/mol. The van der Waals surface area contributed by atoms with Crippen LogP contribution in [0.4, 0.5) is 0 Å². The molecule has 1 aliphatic heterocycles. The van der Waals surface area contributed by atoms with E-state index in [0.717, 1.165) is 26.0 Å². The van der Waals surface area contributed by atoms with Crippen LogP contribution in [-0.4, -0.2) is 25.3 Å². The lowest BCUT2D eigenvalue weighted by molar-refractivity contribution is 0.105. The van der Waals surface area contributed by atoms with Crippen molar-refractivity contribution in [3.63, 3.8) is 0 Å². The van der Waals surface area contributed by atoms with Crippen LogP contribution in [0.3, 0.4) is 0 Å². The van der Waals surface area contributed by atoms with Gasteiger partial charge in [0.15, 0.2) is 0 Å². The van der Waals surface area contributed by atoms with E-state index in [-0.39, 0.29) is 11.5 Å². The van der Waals surface area contributed by atoms with Gasteiger partial charge in [0.2, 0.25) is 0 Å². The van der Waals surface area contributed by atoms with E-state index in [1.165, 1.54) is 0 Å². The summed E-state index contributed by atoms with van der Waals surface area (Å²) in [6.45, 7) is 7.89.